The molecule has 2 nitrogen and oxygen atoms in total. The standard InChI is InChI=1S/C22H20FNO/c1-16(19-14-8-9-15-20(19)23)24-22(25)21(17-10-4-2-5-11-17)18-12-6-3-7-13-18/h2-16,21H,1H3,(H,24,25). The van der Waals surface area contributed by atoms with Gasteiger partial charge in [0.2, 0.25) is 5.91 Å². The fourth-order valence-electron chi connectivity index (χ4n) is 2.99. The van der Waals surface area contributed by atoms with E-state index >= 15 is 0 Å². The van der Waals surface area contributed by atoms with Crippen LogP contribution >= 0.6 is 0 Å². The first-order valence-electron chi connectivity index (χ1n) is 8.31. The van der Waals surface area contributed by atoms with E-state index in [1.54, 1.807) is 25.1 Å². The number of hydrogen-bond donors (Lipinski definition) is 1. The molecule has 0 aliphatic heterocycles. The average molecular weight is 333 g/mol. The molecular weight excluding hydrogens is 313 g/mol. The van der Waals surface area contributed by atoms with Gasteiger partial charge in [-0.3, -0.25) is 4.79 Å². The van der Waals surface area contributed by atoms with E-state index in [9.17, 15) is 9.18 Å². The summed E-state index contributed by atoms with van der Waals surface area (Å²) in [7, 11) is 0. The van der Waals surface area contributed by atoms with Crippen molar-refractivity contribution in [3.8, 4) is 0 Å². The fourth-order valence-corrected chi connectivity index (χ4v) is 2.99. The highest BCUT2D eigenvalue weighted by molar-refractivity contribution is 5.87. The second kappa shape index (κ2) is 7.75. The van der Waals surface area contributed by atoms with Gasteiger partial charge in [-0.1, -0.05) is 78.9 Å². The Morgan fingerprint density at radius 3 is 1.80 bits per heavy atom. The predicted octanol–water partition coefficient (Wildman–Crippen LogP) is 4.84. The topological polar surface area (TPSA) is 29.1 Å². The Labute approximate surface area is 147 Å². The SMILES string of the molecule is CC(NC(=O)C(c1ccccc1)c1ccccc1)c1ccccc1F. The smallest absolute Gasteiger partial charge is 0.232 e. The number of halogens is 1. The van der Waals surface area contributed by atoms with Crippen molar-refractivity contribution in [1.29, 1.82) is 0 Å². The molecule has 0 saturated carbocycles. The fraction of sp³-hybridized carbons (Fsp3) is 0.136. The zero-order valence-corrected chi connectivity index (χ0v) is 14.0. The second-order valence-electron chi connectivity index (χ2n) is 6.01. The summed E-state index contributed by atoms with van der Waals surface area (Å²) in [4.78, 5) is 13.0. The van der Waals surface area contributed by atoms with Crippen LogP contribution < -0.4 is 5.32 Å². The summed E-state index contributed by atoms with van der Waals surface area (Å²) in [5.41, 5.74) is 2.30. The van der Waals surface area contributed by atoms with Crippen molar-refractivity contribution in [2.45, 2.75) is 18.9 Å². The minimum Gasteiger partial charge on any atom is -0.349 e. The second-order valence-corrected chi connectivity index (χ2v) is 6.01. The van der Waals surface area contributed by atoms with Gasteiger partial charge in [0.05, 0.1) is 12.0 Å². The Kier molecular flexibility index (Phi) is 5.24. The average Bonchev–Trinajstić information content (AvgIpc) is 2.64. The highest BCUT2D eigenvalue weighted by atomic mass is 19.1. The first-order valence-corrected chi connectivity index (χ1v) is 8.31. The minimum atomic E-state index is -0.434. The van der Waals surface area contributed by atoms with Crippen LogP contribution in [-0.2, 0) is 4.79 Å². The van der Waals surface area contributed by atoms with E-state index in [2.05, 4.69) is 5.32 Å². The lowest BCUT2D eigenvalue weighted by atomic mass is 9.90. The molecule has 25 heavy (non-hydrogen) atoms. The summed E-state index contributed by atoms with van der Waals surface area (Å²) in [6.45, 7) is 1.80. The third-order valence-corrected chi connectivity index (χ3v) is 4.26. The van der Waals surface area contributed by atoms with E-state index in [0.717, 1.165) is 11.1 Å². The summed E-state index contributed by atoms with van der Waals surface area (Å²) in [5, 5.41) is 2.96. The van der Waals surface area contributed by atoms with Crippen LogP contribution in [0.3, 0.4) is 0 Å². The number of amides is 1. The molecule has 3 aromatic rings. The number of rotatable bonds is 5. The molecule has 0 saturated heterocycles. The largest absolute Gasteiger partial charge is 0.349 e. The number of carbonyl (C=O) groups excluding carboxylic acids is 1. The van der Waals surface area contributed by atoms with Gasteiger partial charge < -0.3 is 5.32 Å². The van der Waals surface area contributed by atoms with Gasteiger partial charge in [-0.15, -0.1) is 0 Å². The quantitative estimate of drug-likeness (QED) is 0.711. The molecule has 0 aromatic heterocycles. The van der Waals surface area contributed by atoms with Crippen LogP contribution in [0, 0.1) is 5.82 Å². The van der Waals surface area contributed by atoms with Crippen LogP contribution in [0.5, 0.6) is 0 Å². The lowest BCUT2D eigenvalue weighted by Crippen LogP contribution is -2.32. The molecule has 1 N–H and O–H groups in total. The van der Waals surface area contributed by atoms with Gasteiger partial charge in [-0.05, 0) is 24.1 Å². The van der Waals surface area contributed by atoms with Crippen molar-refractivity contribution >= 4 is 5.91 Å². The summed E-state index contributed by atoms with van der Waals surface area (Å²) >= 11 is 0. The van der Waals surface area contributed by atoms with Crippen LogP contribution in [0.25, 0.3) is 0 Å². The first kappa shape index (κ1) is 16.9. The van der Waals surface area contributed by atoms with Gasteiger partial charge >= 0.3 is 0 Å². The van der Waals surface area contributed by atoms with Crippen LogP contribution in [0.15, 0.2) is 84.9 Å². The normalized spacial score (nSPS) is 12.0. The lowest BCUT2D eigenvalue weighted by Gasteiger charge is -2.21. The molecular formula is C22H20FNO. The van der Waals surface area contributed by atoms with Crippen LogP contribution in [0.4, 0.5) is 4.39 Å². The molecule has 3 rings (SSSR count). The molecule has 1 unspecified atom stereocenters. The van der Waals surface area contributed by atoms with Gasteiger partial charge in [-0.2, -0.15) is 0 Å². The Hall–Kier alpha value is -2.94. The Balaban J connectivity index is 1.89. The maximum atomic E-state index is 14.0. The summed E-state index contributed by atoms with van der Waals surface area (Å²) in [6.07, 6.45) is 0. The number of benzene rings is 3. The third kappa shape index (κ3) is 3.94. The molecule has 1 amide bonds. The van der Waals surface area contributed by atoms with Crippen LogP contribution in [-0.4, -0.2) is 5.91 Å². The third-order valence-electron chi connectivity index (χ3n) is 4.26. The van der Waals surface area contributed by atoms with Gasteiger partial charge in [0.25, 0.3) is 0 Å². The molecule has 0 spiro atoms. The molecule has 3 heteroatoms. The van der Waals surface area contributed by atoms with E-state index in [4.69, 9.17) is 0 Å². The maximum Gasteiger partial charge on any atom is 0.232 e. The molecule has 1 atom stereocenters. The molecule has 0 fully saturated rings. The van der Waals surface area contributed by atoms with Gasteiger partial charge in [-0.25, -0.2) is 4.39 Å². The first-order chi connectivity index (χ1) is 12.2. The number of nitrogens with one attached hydrogen (secondary N) is 1. The van der Waals surface area contributed by atoms with Gasteiger partial charge in [0, 0.05) is 5.56 Å². The minimum absolute atomic E-state index is 0.145. The van der Waals surface area contributed by atoms with E-state index in [0.29, 0.717) is 5.56 Å². The van der Waals surface area contributed by atoms with Crippen molar-refractivity contribution < 1.29 is 9.18 Å². The van der Waals surface area contributed by atoms with E-state index < -0.39 is 12.0 Å². The van der Waals surface area contributed by atoms with Crippen LogP contribution in [0.1, 0.15) is 35.6 Å². The number of carbonyl (C=O) groups is 1. The van der Waals surface area contributed by atoms with Gasteiger partial charge in [0.15, 0.2) is 0 Å². The molecule has 0 aliphatic rings. The van der Waals surface area contributed by atoms with Crippen LogP contribution in [0.2, 0.25) is 0 Å². The lowest BCUT2D eigenvalue weighted by molar-refractivity contribution is -0.122. The van der Waals surface area contributed by atoms with Crippen molar-refractivity contribution in [2.75, 3.05) is 0 Å². The number of hydrogen-bond acceptors (Lipinski definition) is 1. The molecule has 0 aliphatic carbocycles. The summed E-state index contributed by atoms with van der Waals surface area (Å²) in [5.74, 6) is -0.893. The monoisotopic (exact) mass is 333 g/mol. The molecule has 126 valence electrons. The summed E-state index contributed by atoms with van der Waals surface area (Å²) in [6, 6.07) is 25.4. The van der Waals surface area contributed by atoms with Gasteiger partial charge in [0.1, 0.15) is 5.82 Å². The van der Waals surface area contributed by atoms with Crippen molar-refractivity contribution in [2.24, 2.45) is 0 Å². The molecule has 0 bridgehead atoms. The summed E-state index contributed by atoms with van der Waals surface area (Å²) < 4.78 is 14.0. The molecule has 0 radical (unpaired) electrons. The molecule has 0 heterocycles. The van der Waals surface area contributed by atoms with Crippen molar-refractivity contribution in [3.63, 3.8) is 0 Å². The van der Waals surface area contributed by atoms with E-state index in [1.165, 1.54) is 6.07 Å². The predicted molar refractivity (Wildman–Crippen MR) is 97.7 cm³/mol. The molecule has 3 aromatic carbocycles. The Bertz CT molecular complexity index is 793. The Morgan fingerprint density at radius 2 is 1.28 bits per heavy atom. The van der Waals surface area contributed by atoms with Crippen molar-refractivity contribution in [3.05, 3.63) is 107 Å². The van der Waals surface area contributed by atoms with Crippen molar-refractivity contribution in [1.82, 2.24) is 5.32 Å². The zero-order chi connectivity index (χ0) is 17.6. The Morgan fingerprint density at radius 1 is 0.800 bits per heavy atom. The highest BCUT2D eigenvalue weighted by Gasteiger charge is 2.24. The van der Waals surface area contributed by atoms with E-state index in [1.807, 2.05) is 60.7 Å². The zero-order valence-electron chi connectivity index (χ0n) is 14.0. The maximum absolute atomic E-state index is 14.0. The highest BCUT2D eigenvalue weighted by Crippen LogP contribution is 2.26. The van der Waals surface area contributed by atoms with E-state index in [-0.39, 0.29) is 11.7 Å².